The molecule has 0 radical (unpaired) electrons. The van der Waals surface area contributed by atoms with E-state index in [4.69, 9.17) is 5.11 Å². The van der Waals surface area contributed by atoms with Crippen molar-refractivity contribution in [2.24, 2.45) is 0 Å². The Labute approximate surface area is 96.0 Å². The molecule has 1 saturated heterocycles. The van der Waals surface area contributed by atoms with Gasteiger partial charge in [0.05, 0.1) is 6.61 Å². The van der Waals surface area contributed by atoms with Gasteiger partial charge in [0.15, 0.2) is 0 Å². The van der Waals surface area contributed by atoms with E-state index in [1.54, 1.807) is 4.90 Å². The number of rotatable bonds is 4. The minimum Gasteiger partial charge on any atom is -0.396 e. The van der Waals surface area contributed by atoms with Gasteiger partial charge in [0.25, 0.3) is 0 Å². The Morgan fingerprint density at radius 3 is 1.81 bits per heavy atom. The van der Waals surface area contributed by atoms with Gasteiger partial charge in [-0.15, -0.1) is 0 Å². The molecule has 0 saturated carbocycles. The third kappa shape index (κ3) is 3.48. The number of carbonyl (C=O) groups excluding carboxylic acids is 2. The number of amides is 2. The Balaban J connectivity index is 2.33. The fraction of sp³-hybridized carbons (Fsp3) is 0.818. The number of nitrogens with zero attached hydrogens (tertiary/aromatic N) is 2. The monoisotopic (exact) mass is 228 g/mol. The van der Waals surface area contributed by atoms with Gasteiger partial charge in [-0.1, -0.05) is 6.92 Å². The van der Waals surface area contributed by atoms with Gasteiger partial charge in [0.1, 0.15) is 0 Å². The first-order valence-corrected chi connectivity index (χ1v) is 5.85. The largest absolute Gasteiger partial charge is 0.396 e. The summed E-state index contributed by atoms with van der Waals surface area (Å²) in [5, 5.41) is 8.67. The zero-order valence-electron chi connectivity index (χ0n) is 9.81. The molecule has 0 aliphatic carbocycles. The van der Waals surface area contributed by atoms with E-state index < -0.39 is 0 Å². The molecule has 1 N–H and O–H groups in total. The Bertz CT molecular complexity index is 222. The lowest BCUT2D eigenvalue weighted by Crippen LogP contribution is -2.50. The number of aliphatic hydroxyl groups excluding tert-OH is 1. The summed E-state index contributed by atoms with van der Waals surface area (Å²) in [7, 11) is 0. The van der Waals surface area contributed by atoms with E-state index in [-0.39, 0.29) is 24.8 Å². The molecule has 0 atom stereocenters. The molecule has 1 heterocycles. The third-order valence-corrected chi connectivity index (χ3v) is 2.77. The maximum Gasteiger partial charge on any atom is 0.225 e. The van der Waals surface area contributed by atoms with Crippen molar-refractivity contribution in [3.8, 4) is 0 Å². The molecule has 0 unspecified atom stereocenters. The molecule has 1 rings (SSSR count). The smallest absolute Gasteiger partial charge is 0.225 e. The van der Waals surface area contributed by atoms with Crippen LogP contribution in [0.25, 0.3) is 0 Å². The lowest BCUT2D eigenvalue weighted by Gasteiger charge is -2.34. The predicted molar refractivity (Wildman–Crippen MR) is 59.8 cm³/mol. The molecule has 1 aliphatic rings. The van der Waals surface area contributed by atoms with Crippen LogP contribution in [0.1, 0.15) is 26.2 Å². The number of piperazine rings is 1. The maximum absolute atomic E-state index is 11.6. The van der Waals surface area contributed by atoms with E-state index in [1.165, 1.54) is 0 Å². The van der Waals surface area contributed by atoms with Crippen LogP contribution in [0.5, 0.6) is 0 Å². The summed E-state index contributed by atoms with van der Waals surface area (Å²) in [6.45, 7) is 4.31. The summed E-state index contributed by atoms with van der Waals surface area (Å²) < 4.78 is 0. The van der Waals surface area contributed by atoms with Crippen LogP contribution < -0.4 is 0 Å². The molecule has 1 aliphatic heterocycles. The number of carbonyl (C=O) groups is 2. The number of aliphatic hydroxyl groups is 1. The van der Waals surface area contributed by atoms with Gasteiger partial charge >= 0.3 is 0 Å². The van der Waals surface area contributed by atoms with Crippen molar-refractivity contribution in [2.45, 2.75) is 26.2 Å². The molecular weight excluding hydrogens is 208 g/mol. The Morgan fingerprint density at radius 2 is 1.44 bits per heavy atom. The minimum atomic E-state index is -0.103. The quantitative estimate of drug-likeness (QED) is 0.727. The van der Waals surface area contributed by atoms with Crippen LogP contribution in [0.15, 0.2) is 0 Å². The molecule has 2 amide bonds. The lowest BCUT2D eigenvalue weighted by molar-refractivity contribution is -0.140. The van der Waals surface area contributed by atoms with Gasteiger partial charge in [-0.2, -0.15) is 0 Å². The molecule has 5 nitrogen and oxygen atoms in total. The topological polar surface area (TPSA) is 60.9 Å². The van der Waals surface area contributed by atoms with Gasteiger partial charge < -0.3 is 14.9 Å². The number of hydrogen-bond acceptors (Lipinski definition) is 3. The van der Waals surface area contributed by atoms with Gasteiger partial charge in [-0.05, 0) is 6.42 Å². The second kappa shape index (κ2) is 6.48. The maximum atomic E-state index is 11.6. The van der Waals surface area contributed by atoms with Crippen LogP contribution in [0.3, 0.4) is 0 Å². The van der Waals surface area contributed by atoms with Gasteiger partial charge in [-0.25, -0.2) is 0 Å². The summed E-state index contributed by atoms with van der Waals surface area (Å²) in [6.07, 6.45) is 1.63. The van der Waals surface area contributed by atoms with Crippen molar-refractivity contribution in [3.05, 3.63) is 0 Å². The highest BCUT2D eigenvalue weighted by molar-refractivity contribution is 5.78. The Kier molecular flexibility index (Phi) is 5.25. The zero-order chi connectivity index (χ0) is 12.0. The first-order chi connectivity index (χ1) is 7.69. The molecular formula is C11H20N2O3. The molecule has 1 fully saturated rings. The van der Waals surface area contributed by atoms with E-state index in [2.05, 4.69) is 0 Å². The molecule has 0 spiro atoms. The highest BCUT2D eigenvalue weighted by Gasteiger charge is 2.22. The van der Waals surface area contributed by atoms with Crippen LogP contribution in [0.4, 0.5) is 0 Å². The lowest BCUT2D eigenvalue weighted by atomic mass is 10.2. The molecule has 0 aromatic carbocycles. The molecule has 16 heavy (non-hydrogen) atoms. The van der Waals surface area contributed by atoms with Crippen LogP contribution >= 0.6 is 0 Å². The highest BCUT2D eigenvalue weighted by Crippen LogP contribution is 2.06. The van der Waals surface area contributed by atoms with E-state index in [0.29, 0.717) is 32.6 Å². The van der Waals surface area contributed by atoms with Crippen LogP contribution in [0, 0.1) is 0 Å². The molecule has 0 aromatic heterocycles. The molecule has 0 bridgehead atoms. The second-order valence-electron chi connectivity index (χ2n) is 3.99. The van der Waals surface area contributed by atoms with Crippen LogP contribution in [-0.2, 0) is 9.59 Å². The summed E-state index contributed by atoms with van der Waals surface area (Å²) in [4.78, 5) is 26.6. The van der Waals surface area contributed by atoms with Crippen molar-refractivity contribution in [1.82, 2.24) is 9.80 Å². The standard InChI is InChI=1S/C11H20N2O3/c1-2-3-10(15)12-5-7-13(8-6-12)11(16)4-9-14/h14H,2-9H2,1H3. The SMILES string of the molecule is CCCC(=O)N1CCN(C(=O)CCO)CC1. The minimum absolute atomic E-state index is 0.0231. The van der Waals surface area contributed by atoms with Gasteiger partial charge in [-0.3, -0.25) is 9.59 Å². The summed E-state index contributed by atoms with van der Waals surface area (Å²) in [6, 6.07) is 0. The first kappa shape index (κ1) is 13.0. The fourth-order valence-corrected chi connectivity index (χ4v) is 1.83. The van der Waals surface area contributed by atoms with E-state index in [0.717, 1.165) is 6.42 Å². The number of hydrogen-bond donors (Lipinski definition) is 1. The van der Waals surface area contributed by atoms with E-state index in [1.807, 2.05) is 11.8 Å². The van der Waals surface area contributed by atoms with Crippen molar-refractivity contribution in [2.75, 3.05) is 32.8 Å². The normalized spacial score (nSPS) is 16.4. The molecule has 0 aromatic rings. The summed E-state index contributed by atoms with van der Waals surface area (Å²) in [5.74, 6) is 0.154. The average Bonchev–Trinajstić information content (AvgIpc) is 2.30. The summed E-state index contributed by atoms with van der Waals surface area (Å²) >= 11 is 0. The highest BCUT2D eigenvalue weighted by atomic mass is 16.3. The summed E-state index contributed by atoms with van der Waals surface area (Å²) in [5.41, 5.74) is 0. The van der Waals surface area contributed by atoms with E-state index in [9.17, 15) is 9.59 Å². The third-order valence-electron chi connectivity index (χ3n) is 2.77. The second-order valence-corrected chi connectivity index (χ2v) is 3.99. The van der Waals surface area contributed by atoms with Crippen molar-refractivity contribution < 1.29 is 14.7 Å². The predicted octanol–water partition coefficient (Wildman–Crippen LogP) is -0.160. The van der Waals surface area contributed by atoms with Gasteiger partial charge in [0, 0.05) is 39.0 Å². The molecule has 5 heteroatoms. The van der Waals surface area contributed by atoms with Gasteiger partial charge in [0.2, 0.25) is 11.8 Å². The fourth-order valence-electron chi connectivity index (χ4n) is 1.83. The van der Waals surface area contributed by atoms with Crippen LogP contribution in [-0.4, -0.2) is 59.5 Å². The van der Waals surface area contributed by atoms with Crippen molar-refractivity contribution in [3.63, 3.8) is 0 Å². The van der Waals surface area contributed by atoms with Crippen LogP contribution in [0.2, 0.25) is 0 Å². The Hall–Kier alpha value is -1.10. The van der Waals surface area contributed by atoms with Crippen molar-refractivity contribution >= 4 is 11.8 Å². The van der Waals surface area contributed by atoms with Crippen molar-refractivity contribution in [1.29, 1.82) is 0 Å². The first-order valence-electron chi connectivity index (χ1n) is 5.85. The van der Waals surface area contributed by atoms with E-state index >= 15 is 0 Å². The zero-order valence-corrected chi connectivity index (χ0v) is 9.81. The molecule has 92 valence electrons. The Morgan fingerprint density at radius 1 is 1.00 bits per heavy atom. The average molecular weight is 228 g/mol.